The van der Waals surface area contributed by atoms with Gasteiger partial charge >= 0.3 is 5.97 Å². The quantitative estimate of drug-likeness (QED) is 0.675. The average Bonchev–Trinajstić information content (AvgIpc) is 2.55. The van der Waals surface area contributed by atoms with Gasteiger partial charge in [0, 0.05) is 5.56 Å². The highest BCUT2D eigenvalue weighted by molar-refractivity contribution is 6.05. The second kappa shape index (κ2) is 7.50. The van der Waals surface area contributed by atoms with E-state index in [1.807, 2.05) is 0 Å². The van der Waals surface area contributed by atoms with Crippen LogP contribution in [0.5, 0.6) is 0 Å². The molecule has 0 fully saturated rings. The molecule has 124 valence electrons. The standard InChI is InChI=1S/C18H16FNO4/c1-11(21)13-7-4-6-10-16(13)20-17(22)12(2)24-18(23)14-8-3-5-9-15(14)19/h3-10,12H,1-2H3,(H,20,22)/t12-/m0/s1. The lowest BCUT2D eigenvalue weighted by Crippen LogP contribution is -2.30. The molecular formula is C18H16FNO4. The lowest BCUT2D eigenvalue weighted by Gasteiger charge is -2.15. The smallest absolute Gasteiger partial charge is 0.341 e. The van der Waals surface area contributed by atoms with Crippen LogP contribution >= 0.6 is 0 Å². The molecule has 0 aliphatic heterocycles. The average molecular weight is 329 g/mol. The van der Waals surface area contributed by atoms with Crippen LogP contribution in [0, 0.1) is 5.82 Å². The largest absolute Gasteiger partial charge is 0.449 e. The highest BCUT2D eigenvalue weighted by atomic mass is 19.1. The number of ether oxygens (including phenoxy) is 1. The number of halogens is 1. The Morgan fingerprint density at radius 3 is 2.21 bits per heavy atom. The maximum absolute atomic E-state index is 13.5. The van der Waals surface area contributed by atoms with Gasteiger partial charge in [-0.3, -0.25) is 9.59 Å². The van der Waals surface area contributed by atoms with Crippen molar-refractivity contribution in [3.05, 3.63) is 65.5 Å². The molecule has 0 aliphatic carbocycles. The third-order valence-electron chi connectivity index (χ3n) is 3.31. The van der Waals surface area contributed by atoms with E-state index in [1.165, 1.54) is 32.0 Å². The van der Waals surface area contributed by atoms with Crippen LogP contribution < -0.4 is 5.32 Å². The number of ketones is 1. The summed E-state index contributed by atoms with van der Waals surface area (Å²) in [6.07, 6.45) is -1.16. The summed E-state index contributed by atoms with van der Waals surface area (Å²) in [5, 5.41) is 2.53. The van der Waals surface area contributed by atoms with Crippen molar-refractivity contribution in [2.45, 2.75) is 20.0 Å². The van der Waals surface area contributed by atoms with Gasteiger partial charge in [-0.15, -0.1) is 0 Å². The summed E-state index contributed by atoms with van der Waals surface area (Å²) in [6.45, 7) is 2.75. The molecule has 0 saturated heterocycles. The summed E-state index contributed by atoms with van der Waals surface area (Å²) < 4.78 is 18.5. The number of rotatable bonds is 5. The van der Waals surface area contributed by atoms with E-state index < -0.39 is 23.8 Å². The van der Waals surface area contributed by atoms with E-state index in [0.29, 0.717) is 11.3 Å². The summed E-state index contributed by atoms with van der Waals surface area (Å²) >= 11 is 0. The Bertz CT molecular complexity index is 788. The molecule has 5 nitrogen and oxygen atoms in total. The van der Waals surface area contributed by atoms with Gasteiger partial charge in [0.15, 0.2) is 11.9 Å². The van der Waals surface area contributed by atoms with E-state index in [4.69, 9.17) is 4.74 Å². The topological polar surface area (TPSA) is 72.5 Å². The normalized spacial score (nSPS) is 11.5. The number of hydrogen-bond acceptors (Lipinski definition) is 4. The molecule has 0 radical (unpaired) electrons. The second-order valence-electron chi connectivity index (χ2n) is 5.12. The van der Waals surface area contributed by atoms with Crippen molar-refractivity contribution < 1.29 is 23.5 Å². The minimum Gasteiger partial charge on any atom is -0.449 e. The first-order chi connectivity index (χ1) is 11.4. The first kappa shape index (κ1) is 17.3. The zero-order chi connectivity index (χ0) is 17.7. The molecule has 24 heavy (non-hydrogen) atoms. The monoisotopic (exact) mass is 329 g/mol. The third-order valence-corrected chi connectivity index (χ3v) is 3.31. The Morgan fingerprint density at radius 2 is 1.58 bits per heavy atom. The predicted octanol–water partition coefficient (Wildman–Crippen LogP) is 3.21. The Hall–Kier alpha value is -3.02. The van der Waals surface area contributed by atoms with Gasteiger partial charge in [-0.1, -0.05) is 24.3 Å². The van der Waals surface area contributed by atoms with Crippen LogP contribution in [-0.2, 0) is 9.53 Å². The SMILES string of the molecule is CC(=O)c1ccccc1NC(=O)[C@H](C)OC(=O)c1ccccc1F. The zero-order valence-electron chi connectivity index (χ0n) is 13.2. The van der Waals surface area contributed by atoms with Crippen molar-refractivity contribution >= 4 is 23.3 Å². The molecule has 0 heterocycles. The van der Waals surface area contributed by atoms with E-state index in [-0.39, 0.29) is 11.3 Å². The van der Waals surface area contributed by atoms with E-state index in [0.717, 1.165) is 6.07 Å². The van der Waals surface area contributed by atoms with Gasteiger partial charge in [0.05, 0.1) is 11.3 Å². The number of benzene rings is 2. The molecule has 2 aromatic rings. The number of para-hydroxylation sites is 1. The van der Waals surface area contributed by atoms with Gasteiger partial charge in [-0.2, -0.15) is 0 Å². The summed E-state index contributed by atoms with van der Waals surface area (Å²) in [6, 6.07) is 11.8. The maximum Gasteiger partial charge on any atom is 0.341 e. The van der Waals surface area contributed by atoms with Crippen molar-refractivity contribution in [2.24, 2.45) is 0 Å². The summed E-state index contributed by atoms with van der Waals surface area (Å²) in [5.74, 6) is -2.48. The van der Waals surface area contributed by atoms with Crippen LogP contribution in [0.3, 0.4) is 0 Å². The number of anilines is 1. The summed E-state index contributed by atoms with van der Waals surface area (Å²) in [5.41, 5.74) is 0.420. The van der Waals surface area contributed by atoms with E-state index >= 15 is 0 Å². The van der Waals surface area contributed by atoms with Crippen LogP contribution in [0.15, 0.2) is 48.5 Å². The first-order valence-electron chi connectivity index (χ1n) is 7.26. The molecule has 0 aliphatic rings. The minimum absolute atomic E-state index is 0.207. The summed E-state index contributed by atoms with van der Waals surface area (Å²) in [7, 11) is 0. The van der Waals surface area contributed by atoms with Crippen LogP contribution in [0.4, 0.5) is 10.1 Å². The molecule has 1 amide bonds. The molecule has 2 aromatic carbocycles. The maximum atomic E-state index is 13.5. The fraction of sp³-hybridized carbons (Fsp3) is 0.167. The Morgan fingerprint density at radius 1 is 1.00 bits per heavy atom. The Balaban J connectivity index is 2.07. The van der Waals surface area contributed by atoms with Crippen molar-refractivity contribution in [1.82, 2.24) is 0 Å². The van der Waals surface area contributed by atoms with Crippen LogP contribution in [0.2, 0.25) is 0 Å². The highest BCUT2D eigenvalue weighted by Gasteiger charge is 2.21. The van der Waals surface area contributed by atoms with Gasteiger partial charge < -0.3 is 10.1 Å². The molecule has 0 saturated carbocycles. The number of nitrogens with one attached hydrogen (secondary N) is 1. The molecule has 6 heteroatoms. The van der Waals surface area contributed by atoms with Gasteiger partial charge in [-0.05, 0) is 38.1 Å². The predicted molar refractivity (Wildman–Crippen MR) is 86.4 cm³/mol. The van der Waals surface area contributed by atoms with Gasteiger partial charge in [0.2, 0.25) is 0 Å². The molecule has 0 aromatic heterocycles. The van der Waals surface area contributed by atoms with Gasteiger partial charge in [-0.25, -0.2) is 9.18 Å². The molecule has 2 rings (SSSR count). The Labute approximate surface area is 138 Å². The van der Waals surface area contributed by atoms with Gasteiger partial charge in [0.1, 0.15) is 5.82 Å². The zero-order valence-corrected chi connectivity index (χ0v) is 13.2. The number of Topliss-reactive ketones (excluding diaryl/α,β-unsaturated/α-hetero) is 1. The second-order valence-corrected chi connectivity index (χ2v) is 5.12. The molecule has 1 atom stereocenters. The lowest BCUT2D eigenvalue weighted by molar-refractivity contribution is -0.123. The molecule has 1 N–H and O–H groups in total. The van der Waals surface area contributed by atoms with Crippen molar-refractivity contribution in [2.75, 3.05) is 5.32 Å². The fourth-order valence-electron chi connectivity index (χ4n) is 2.04. The lowest BCUT2D eigenvalue weighted by atomic mass is 10.1. The van der Waals surface area contributed by atoms with E-state index in [1.54, 1.807) is 24.3 Å². The van der Waals surface area contributed by atoms with Crippen molar-refractivity contribution in [1.29, 1.82) is 0 Å². The fourth-order valence-corrected chi connectivity index (χ4v) is 2.04. The minimum atomic E-state index is -1.16. The molecular weight excluding hydrogens is 313 g/mol. The van der Waals surface area contributed by atoms with E-state index in [2.05, 4.69) is 5.32 Å². The molecule has 0 spiro atoms. The van der Waals surface area contributed by atoms with Gasteiger partial charge in [0.25, 0.3) is 5.91 Å². The number of amides is 1. The molecule has 0 unspecified atom stereocenters. The Kier molecular flexibility index (Phi) is 5.42. The number of hydrogen-bond donors (Lipinski definition) is 1. The number of esters is 1. The first-order valence-corrected chi connectivity index (χ1v) is 7.26. The van der Waals surface area contributed by atoms with Crippen LogP contribution in [0.1, 0.15) is 34.6 Å². The van der Waals surface area contributed by atoms with Crippen molar-refractivity contribution in [3.63, 3.8) is 0 Å². The van der Waals surface area contributed by atoms with Crippen LogP contribution in [-0.4, -0.2) is 23.8 Å². The van der Waals surface area contributed by atoms with Crippen LogP contribution in [0.25, 0.3) is 0 Å². The number of carbonyl (C=O) groups excluding carboxylic acids is 3. The van der Waals surface area contributed by atoms with Crippen molar-refractivity contribution in [3.8, 4) is 0 Å². The third kappa shape index (κ3) is 4.04. The summed E-state index contributed by atoms with van der Waals surface area (Å²) in [4.78, 5) is 35.6. The number of carbonyl (C=O) groups is 3. The highest BCUT2D eigenvalue weighted by Crippen LogP contribution is 2.16. The van der Waals surface area contributed by atoms with E-state index in [9.17, 15) is 18.8 Å². The molecule has 0 bridgehead atoms.